The highest BCUT2D eigenvalue weighted by molar-refractivity contribution is 9.10. The Bertz CT molecular complexity index is 755. The minimum Gasteiger partial charge on any atom is -0.329 e. The van der Waals surface area contributed by atoms with Crippen molar-refractivity contribution in [3.8, 4) is 0 Å². The van der Waals surface area contributed by atoms with E-state index in [1.54, 1.807) is 4.90 Å². The predicted molar refractivity (Wildman–Crippen MR) is 108 cm³/mol. The van der Waals surface area contributed by atoms with Gasteiger partial charge in [-0.3, -0.25) is 9.59 Å². The van der Waals surface area contributed by atoms with Crippen LogP contribution in [0.3, 0.4) is 0 Å². The van der Waals surface area contributed by atoms with Gasteiger partial charge in [0, 0.05) is 16.7 Å². The third-order valence-electron chi connectivity index (χ3n) is 4.38. The van der Waals surface area contributed by atoms with Gasteiger partial charge in [0.05, 0.1) is 0 Å². The molecule has 0 unspecified atom stereocenters. The van der Waals surface area contributed by atoms with Crippen LogP contribution in [0.25, 0.3) is 0 Å². The molecule has 0 aliphatic carbocycles. The summed E-state index contributed by atoms with van der Waals surface area (Å²) in [5.74, 6) is -0.381. The van der Waals surface area contributed by atoms with Crippen molar-refractivity contribution in [3.63, 3.8) is 0 Å². The van der Waals surface area contributed by atoms with Gasteiger partial charge >= 0.3 is 0 Å². The van der Waals surface area contributed by atoms with Crippen LogP contribution < -0.4 is 11.1 Å². The van der Waals surface area contributed by atoms with Crippen molar-refractivity contribution in [2.75, 3.05) is 11.9 Å². The predicted octanol–water partition coefficient (Wildman–Crippen LogP) is 3.50. The van der Waals surface area contributed by atoms with Gasteiger partial charge in [-0.05, 0) is 42.7 Å². The van der Waals surface area contributed by atoms with Crippen molar-refractivity contribution in [3.05, 3.63) is 64.6 Å². The minimum atomic E-state index is -0.748. The summed E-state index contributed by atoms with van der Waals surface area (Å²) in [5, 5.41) is 2.88. The van der Waals surface area contributed by atoms with Crippen molar-refractivity contribution in [1.82, 2.24) is 4.90 Å². The Morgan fingerprint density at radius 3 is 2.42 bits per heavy atom. The summed E-state index contributed by atoms with van der Waals surface area (Å²) >= 11 is 3.37. The Kier molecular flexibility index (Phi) is 7.20. The fraction of sp³-hybridized carbons (Fsp3) is 0.263. The fourth-order valence-electron chi connectivity index (χ4n) is 3.04. The zero-order valence-electron chi connectivity index (χ0n) is 14.1. The standard InChI is InChI=1S/C19H20BrN3O2.ClH/c20-14-8-10-15(11-9-14)22-18(24)16-7-4-12-23(16)19(25)17(21)13-5-2-1-3-6-13;/h1-3,5-6,8-11,16-17H,4,7,12,21H2,(H,22,24);1H/t16-,17+;/m0./s1. The fourth-order valence-corrected chi connectivity index (χ4v) is 3.31. The number of likely N-dealkylation sites (tertiary alicyclic amines) is 1. The first-order valence-corrected chi connectivity index (χ1v) is 9.03. The van der Waals surface area contributed by atoms with E-state index >= 15 is 0 Å². The van der Waals surface area contributed by atoms with E-state index in [0.29, 0.717) is 18.7 Å². The molecule has 1 aliphatic heterocycles. The van der Waals surface area contributed by atoms with Gasteiger partial charge in [0.25, 0.3) is 0 Å². The van der Waals surface area contributed by atoms with Crippen LogP contribution in [0.5, 0.6) is 0 Å². The Labute approximate surface area is 167 Å². The number of nitrogens with zero attached hydrogens (tertiary/aromatic N) is 1. The molecule has 1 saturated heterocycles. The van der Waals surface area contributed by atoms with Gasteiger partial charge < -0.3 is 16.0 Å². The van der Waals surface area contributed by atoms with Crippen LogP contribution in [-0.4, -0.2) is 29.3 Å². The Balaban J connectivity index is 0.00000243. The molecule has 7 heteroatoms. The van der Waals surface area contributed by atoms with Crippen molar-refractivity contribution < 1.29 is 9.59 Å². The number of carbonyl (C=O) groups excluding carboxylic acids is 2. The summed E-state index contributed by atoms with van der Waals surface area (Å²) in [5.41, 5.74) is 7.59. The van der Waals surface area contributed by atoms with E-state index in [1.807, 2.05) is 54.6 Å². The average Bonchev–Trinajstić information content (AvgIpc) is 3.13. The molecule has 2 aromatic rings. The number of hydrogen-bond donors (Lipinski definition) is 2. The second-order valence-corrected chi connectivity index (χ2v) is 6.99. The SMILES string of the molecule is Cl.N[C@@H](C(=O)N1CCC[C@H]1C(=O)Nc1ccc(Br)cc1)c1ccccc1. The van der Waals surface area contributed by atoms with Crippen LogP contribution in [0.2, 0.25) is 0 Å². The molecule has 3 N–H and O–H groups in total. The number of anilines is 1. The molecule has 0 radical (unpaired) electrons. The van der Waals surface area contributed by atoms with Gasteiger partial charge in [-0.15, -0.1) is 12.4 Å². The largest absolute Gasteiger partial charge is 0.329 e. The maximum Gasteiger partial charge on any atom is 0.247 e. The number of halogens is 2. The Morgan fingerprint density at radius 1 is 1.12 bits per heavy atom. The highest BCUT2D eigenvalue weighted by Gasteiger charge is 2.36. The van der Waals surface area contributed by atoms with E-state index in [1.165, 1.54) is 0 Å². The van der Waals surface area contributed by atoms with Crippen LogP contribution >= 0.6 is 28.3 Å². The van der Waals surface area contributed by atoms with Crippen molar-refractivity contribution in [2.24, 2.45) is 5.73 Å². The number of carbonyl (C=O) groups is 2. The molecule has 2 aromatic carbocycles. The van der Waals surface area contributed by atoms with Crippen LogP contribution in [0.1, 0.15) is 24.4 Å². The quantitative estimate of drug-likeness (QED) is 0.767. The summed E-state index contributed by atoms with van der Waals surface area (Å²) < 4.78 is 0.942. The summed E-state index contributed by atoms with van der Waals surface area (Å²) in [7, 11) is 0. The lowest BCUT2D eigenvalue weighted by Crippen LogP contribution is -2.46. The maximum absolute atomic E-state index is 12.8. The number of benzene rings is 2. The maximum atomic E-state index is 12.8. The summed E-state index contributed by atoms with van der Waals surface area (Å²) in [6.07, 6.45) is 1.45. The van der Waals surface area contributed by atoms with Gasteiger partial charge in [-0.2, -0.15) is 0 Å². The number of rotatable bonds is 4. The van der Waals surface area contributed by atoms with Crippen molar-refractivity contribution >= 4 is 45.8 Å². The van der Waals surface area contributed by atoms with Gasteiger partial charge in [0.1, 0.15) is 12.1 Å². The molecule has 1 heterocycles. The number of amides is 2. The monoisotopic (exact) mass is 437 g/mol. The molecule has 1 fully saturated rings. The number of nitrogens with two attached hydrogens (primary N) is 1. The van der Waals surface area contributed by atoms with Crippen LogP contribution in [0.15, 0.2) is 59.1 Å². The molecule has 2 atom stereocenters. The normalized spacial score (nSPS) is 17.3. The Morgan fingerprint density at radius 2 is 1.77 bits per heavy atom. The van der Waals surface area contributed by atoms with E-state index in [9.17, 15) is 9.59 Å². The molecular weight excluding hydrogens is 418 g/mol. The molecule has 3 rings (SSSR count). The second-order valence-electron chi connectivity index (χ2n) is 6.07. The molecule has 2 amide bonds. The van der Waals surface area contributed by atoms with E-state index < -0.39 is 12.1 Å². The highest BCUT2D eigenvalue weighted by Crippen LogP contribution is 2.24. The third-order valence-corrected chi connectivity index (χ3v) is 4.90. The molecule has 0 aromatic heterocycles. The summed E-state index contributed by atoms with van der Waals surface area (Å²) in [6, 6.07) is 15.4. The van der Waals surface area contributed by atoms with Crippen LogP contribution in [0.4, 0.5) is 5.69 Å². The first-order valence-electron chi connectivity index (χ1n) is 8.23. The molecule has 138 valence electrons. The average molecular weight is 439 g/mol. The lowest BCUT2D eigenvalue weighted by atomic mass is 10.1. The highest BCUT2D eigenvalue weighted by atomic mass is 79.9. The third kappa shape index (κ3) is 4.63. The number of nitrogens with one attached hydrogen (secondary N) is 1. The summed E-state index contributed by atoms with van der Waals surface area (Å²) in [4.78, 5) is 27.0. The Hall–Kier alpha value is -1.89. The second kappa shape index (κ2) is 9.16. The van der Waals surface area contributed by atoms with Crippen molar-refractivity contribution in [2.45, 2.75) is 24.9 Å². The summed E-state index contributed by atoms with van der Waals surface area (Å²) in [6.45, 7) is 0.553. The molecule has 0 bridgehead atoms. The van der Waals surface area contributed by atoms with Gasteiger partial charge in [-0.1, -0.05) is 46.3 Å². The zero-order valence-corrected chi connectivity index (χ0v) is 16.5. The van der Waals surface area contributed by atoms with Gasteiger partial charge in [0.15, 0.2) is 0 Å². The van der Waals surface area contributed by atoms with Crippen LogP contribution in [-0.2, 0) is 9.59 Å². The smallest absolute Gasteiger partial charge is 0.247 e. The van der Waals surface area contributed by atoms with E-state index in [-0.39, 0.29) is 24.2 Å². The van der Waals surface area contributed by atoms with Crippen molar-refractivity contribution in [1.29, 1.82) is 0 Å². The molecule has 1 aliphatic rings. The number of hydrogen-bond acceptors (Lipinski definition) is 3. The topological polar surface area (TPSA) is 75.4 Å². The zero-order chi connectivity index (χ0) is 17.8. The first-order chi connectivity index (χ1) is 12.1. The van der Waals surface area contributed by atoms with Gasteiger partial charge in [-0.25, -0.2) is 0 Å². The molecule has 0 spiro atoms. The van der Waals surface area contributed by atoms with E-state index in [4.69, 9.17) is 5.73 Å². The van der Waals surface area contributed by atoms with Gasteiger partial charge in [0.2, 0.25) is 11.8 Å². The molecule has 5 nitrogen and oxygen atoms in total. The molecule has 0 saturated carbocycles. The first kappa shape index (κ1) is 20.4. The molecular formula is C19H21BrClN3O2. The lowest BCUT2D eigenvalue weighted by molar-refractivity contribution is -0.137. The minimum absolute atomic E-state index is 0. The van der Waals surface area contributed by atoms with E-state index in [2.05, 4.69) is 21.2 Å². The van der Waals surface area contributed by atoms with E-state index in [0.717, 1.165) is 16.5 Å². The van der Waals surface area contributed by atoms with Crippen LogP contribution in [0, 0.1) is 0 Å². The molecule has 26 heavy (non-hydrogen) atoms. The lowest BCUT2D eigenvalue weighted by Gasteiger charge is -2.27.